The number of imidazole rings is 1. The molecule has 0 aliphatic carbocycles. The van der Waals surface area contributed by atoms with E-state index in [-0.39, 0.29) is 18.3 Å². The number of aryl methyl sites for hydroxylation is 2. The third-order valence-electron chi connectivity index (χ3n) is 11.4. The fourth-order valence-corrected chi connectivity index (χ4v) is 8.34. The molecule has 0 saturated heterocycles. The van der Waals surface area contributed by atoms with E-state index in [0.717, 1.165) is 56.0 Å². The highest BCUT2D eigenvalue weighted by Crippen LogP contribution is 2.31. The molecule has 0 bridgehead atoms. The lowest BCUT2D eigenvalue weighted by molar-refractivity contribution is -0.113. The average Bonchev–Trinajstić information content (AvgIpc) is 4.13. The van der Waals surface area contributed by atoms with Gasteiger partial charge in [-0.1, -0.05) is 19.6 Å². The summed E-state index contributed by atoms with van der Waals surface area (Å²) in [6.45, 7) is 15.9. The zero-order valence-corrected chi connectivity index (χ0v) is 40.6. The van der Waals surface area contributed by atoms with Crippen LogP contribution in [-0.2, 0) is 38.6 Å². The second-order valence-corrected chi connectivity index (χ2v) is 23.3. The number of nitrogens with one attached hydrogen (secondary N) is 2. The molecule has 352 valence electrons. The summed E-state index contributed by atoms with van der Waals surface area (Å²) in [7, 11) is -1.25. The van der Waals surface area contributed by atoms with Gasteiger partial charge in [0.05, 0.1) is 30.3 Å². The Morgan fingerprint density at radius 2 is 1.25 bits per heavy atom. The Labute approximate surface area is 395 Å². The van der Waals surface area contributed by atoms with Gasteiger partial charge in [0, 0.05) is 98.7 Å². The smallest absolute Gasteiger partial charge is 0.354 e. The third-order valence-corrected chi connectivity index (χ3v) is 13.1. The number of hydrogen-bond acceptors (Lipinski definition) is 13. The quantitative estimate of drug-likeness (QED) is 0.0336. The normalized spacial score (nSPS) is 12.5. The summed E-state index contributed by atoms with van der Waals surface area (Å²) in [5.41, 5.74) is 9.49. The number of nitrogens with zero attached hydrogens (tertiary/aromatic N) is 7. The third kappa shape index (κ3) is 12.2. The zero-order valence-electron chi connectivity index (χ0n) is 39.6. The summed E-state index contributed by atoms with van der Waals surface area (Å²) >= 11 is 0. The van der Waals surface area contributed by atoms with Crippen molar-refractivity contribution in [2.45, 2.75) is 92.2 Å². The Morgan fingerprint density at radius 1 is 0.721 bits per heavy atom. The highest BCUT2D eigenvalue weighted by molar-refractivity contribution is 6.76. The minimum Gasteiger partial charge on any atom is -0.461 e. The lowest BCUT2D eigenvalue weighted by atomic mass is 10.0. The number of rotatable bonds is 19. The monoisotopic (exact) mass is 935 g/mol. The molecule has 0 radical (unpaired) electrons. The van der Waals surface area contributed by atoms with Crippen molar-refractivity contribution >= 4 is 65.1 Å². The molecule has 16 nitrogen and oxygen atoms in total. The predicted molar refractivity (Wildman–Crippen MR) is 263 cm³/mol. The summed E-state index contributed by atoms with van der Waals surface area (Å²) < 4.78 is 18.0. The maximum atomic E-state index is 13.4. The van der Waals surface area contributed by atoms with E-state index in [1.54, 1.807) is 63.2 Å². The van der Waals surface area contributed by atoms with E-state index in [9.17, 15) is 19.2 Å². The van der Waals surface area contributed by atoms with Crippen LogP contribution in [0.25, 0.3) is 39.0 Å². The molecule has 0 spiro atoms. The Kier molecular flexibility index (Phi) is 15.8. The number of carbonyl (C=O) groups is 4. The maximum absolute atomic E-state index is 13.4. The molecule has 8 rings (SSSR count). The highest BCUT2D eigenvalue weighted by atomic mass is 28.3. The van der Waals surface area contributed by atoms with Crippen LogP contribution in [0.2, 0.25) is 25.7 Å². The van der Waals surface area contributed by atoms with Gasteiger partial charge in [-0.15, -0.1) is 0 Å². The van der Waals surface area contributed by atoms with Gasteiger partial charge in [0.15, 0.2) is 17.4 Å². The van der Waals surface area contributed by atoms with E-state index < -0.39 is 20.0 Å². The molecular formula is C51H57N9O7Si. The topological polar surface area (TPSA) is 209 Å². The summed E-state index contributed by atoms with van der Waals surface area (Å²) in [4.78, 5) is 82.4. The van der Waals surface area contributed by atoms with Crippen LogP contribution in [0.5, 0.6) is 0 Å². The summed E-state index contributed by atoms with van der Waals surface area (Å²) in [5.74, 6) is -0.453. The van der Waals surface area contributed by atoms with Gasteiger partial charge in [-0.25, -0.2) is 29.5 Å². The van der Waals surface area contributed by atoms with Crippen molar-refractivity contribution < 1.29 is 33.4 Å². The molecule has 2 N–H and O–H groups in total. The van der Waals surface area contributed by atoms with Gasteiger partial charge in [-0.2, -0.15) is 0 Å². The van der Waals surface area contributed by atoms with Crippen molar-refractivity contribution in [3.63, 3.8) is 0 Å². The minimum atomic E-state index is -1.25. The number of H-pyrrole nitrogens is 2. The van der Waals surface area contributed by atoms with Gasteiger partial charge in [-0.05, 0) is 112 Å². The van der Waals surface area contributed by atoms with Crippen LogP contribution >= 0.6 is 0 Å². The molecule has 0 amide bonds. The molecular weight excluding hydrogens is 879 g/mol. The molecule has 0 fully saturated rings. The number of Topliss-reactive ketones (excluding diaryl/α,β-unsaturated/α-hetero) is 2. The van der Waals surface area contributed by atoms with Crippen LogP contribution in [0, 0.1) is 6.92 Å². The van der Waals surface area contributed by atoms with Gasteiger partial charge in [0.1, 0.15) is 29.4 Å². The minimum absolute atomic E-state index is 0.0507. The first-order valence-corrected chi connectivity index (χ1v) is 26.5. The van der Waals surface area contributed by atoms with Gasteiger partial charge in [0.2, 0.25) is 0 Å². The van der Waals surface area contributed by atoms with Crippen molar-refractivity contribution in [3.05, 3.63) is 131 Å². The number of ketones is 2. The standard InChI is InChI=1S/C28H35N5O4Si.C23H22N4O3/c1-6-37-28(35)23-16-21-15-22(17-30-26(21)31-23)25-19(2)33(18-36-13-14-38(3,4)5)27(32-25)24(34)8-7-20-9-11-29-12-10-20;1-3-30-23(29)19-12-16-11-17(13-25-22(16)27-19)21-14(2)10-18(26-21)20(28)5-4-15-6-8-24-9-7-15/h9-12,15-17H,6-8,13-14,18H2,1-5H3,(H,30,31);6-9,11-13H,3-5,10H2,1-2H3,(H,25,27). The van der Waals surface area contributed by atoms with E-state index in [0.29, 0.717) is 91.8 Å². The van der Waals surface area contributed by atoms with Crippen molar-refractivity contribution in [2.75, 3.05) is 19.8 Å². The molecule has 0 aromatic carbocycles. The number of aromatic nitrogens is 8. The summed E-state index contributed by atoms with van der Waals surface area (Å²) in [6.07, 6.45) is 12.9. The summed E-state index contributed by atoms with van der Waals surface area (Å²) in [5, 5.41) is 1.56. The second kappa shape index (κ2) is 22.0. The van der Waals surface area contributed by atoms with Crippen molar-refractivity contribution in [1.82, 2.24) is 39.5 Å². The number of hydrogen-bond donors (Lipinski definition) is 2. The number of aliphatic imine (C=N–C) groups is 1. The van der Waals surface area contributed by atoms with Crippen LogP contribution in [0.1, 0.15) is 94.0 Å². The zero-order chi connectivity index (χ0) is 48.4. The fraction of sp³-hybridized carbons (Fsp3) is 0.333. The Bertz CT molecular complexity index is 3000. The first-order valence-electron chi connectivity index (χ1n) is 22.8. The Morgan fingerprint density at radius 3 is 1.79 bits per heavy atom. The van der Waals surface area contributed by atoms with E-state index in [4.69, 9.17) is 19.2 Å². The van der Waals surface area contributed by atoms with Crippen molar-refractivity contribution in [2.24, 2.45) is 4.99 Å². The van der Waals surface area contributed by atoms with Crippen molar-refractivity contribution in [1.29, 1.82) is 0 Å². The molecule has 7 aromatic heterocycles. The lowest BCUT2D eigenvalue weighted by Gasteiger charge is -2.16. The number of aromatic amines is 2. The number of carbonyl (C=O) groups excluding carboxylic acids is 4. The van der Waals surface area contributed by atoms with E-state index >= 15 is 0 Å². The molecule has 0 saturated carbocycles. The molecule has 0 atom stereocenters. The van der Waals surface area contributed by atoms with Crippen LogP contribution in [-0.4, -0.2) is 96.6 Å². The van der Waals surface area contributed by atoms with Crippen LogP contribution in [0.4, 0.5) is 0 Å². The van der Waals surface area contributed by atoms with Gasteiger partial charge in [-0.3, -0.25) is 19.6 Å². The lowest BCUT2D eigenvalue weighted by Crippen LogP contribution is -2.22. The highest BCUT2D eigenvalue weighted by Gasteiger charge is 2.24. The molecule has 1 aliphatic rings. The SMILES string of the molecule is CCOC(=O)c1cc2cc(-c3nc(C(=O)CCc4ccncc4)n(COCC[Si](C)(C)C)c3C)cnc2[nH]1.CCOC(=O)c1cc2cc(C3=C(C)CC(C(=O)CCc4ccncc4)=N3)cnc2[nH]1. The maximum Gasteiger partial charge on any atom is 0.354 e. The Balaban J connectivity index is 0.000000207. The largest absolute Gasteiger partial charge is 0.461 e. The average molecular weight is 936 g/mol. The molecule has 68 heavy (non-hydrogen) atoms. The van der Waals surface area contributed by atoms with Crippen LogP contribution in [0.3, 0.4) is 0 Å². The fourth-order valence-electron chi connectivity index (χ4n) is 7.59. The van der Waals surface area contributed by atoms with Gasteiger partial charge < -0.3 is 28.7 Å². The Hall–Kier alpha value is -7.24. The predicted octanol–water partition coefficient (Wildman–Crippen LogP) is 9.35. The van der Waals surface area contributed by atoms with E-state index in [1.807, 2.05) is 54.8 Å². The van der Waals surface area contributed by atoms with E-state index in [2.05, 4.69) is 54.5 Å². The van der Waals surface area contributed by atoms with E-state index in [1.165, 1.54) is 0 Å². The number of fused-ring (bicyclic) bond motifs is 2. The van der Waals surface area contributed by atoms with Crippen molar-refractivity contribution in [3.8, 4) is 11.3 Å². The first kappa shape index (κ1) is 48.7. The number of pyridine rings is 4. The number of ether oxygens (including phenoxy) is 3. The molecule has 1 aliphatic heterocycles. The number of esters is 2. The van der Waals surface area contributed by atoms with Gasteiger partial charge >= 0.3 is 11.9 Å². The summed E-state index contributed by atoms with van der Waals surface area (Å²) in [6, 6.07) is 16.0. The molecule has 7 aromatic rings. The number of allylic oxidation sites excluding steroid dienone is 1. The van der Waals surface area contributed by atoms with Crippen LogP contribution in [0.15, 0.2) is 96.3 Å². The molecule has 17 heteroatoms. The second-order valence-electron chi connectivity index (χ2n) is 17.7. The first-order chi connectivity index (χ1) is 32.7. The van der Waals surface area contributed by atoms with Gasteiger partial charge in [0.25, 0.3) is 0 Å². The molecule has 0 unspecified atom stereocenters. The molecule has 8 heterocycles. The van der Waals surface area contributed by atoms with Crippen LogP contribution < -0.4 is 0 Å².